The molecule has 1 fully saturated rings. The third-order valence-electron chi connectivity index (χ3n) is 3.46. The van der Waals surface area contributed by atoms with Gasteiger partial charge in [0.05, 0.1) is 6.61 Å². The first-order valence-corrected chi connectivity index (χ1v) is 6.37. The van der Waals surface area contributed by atoms with Gasteiger partial charge in [0.15, 0.2) is 11.6 Å². The summed E-state index contributed by atoms with van der Waals surface area (Å²) in [6, 6.07) is 6.31. The second-order valence-electron chi connectivity index (χ2n) is 4.87. The number of benzene rings is 1. The third-order valence-corrected chi connectivity index (χ3v) is 3.46. The molecule has 0 amide bonds. The van der Waals surface area contributed by atoms with Crippen LogP contribution in [0.25, 0.3) is 11.3 Å². The molecule has 1 saturated carbocycles. The standard InChI is InChI=1S/C14H15FN2O2/c15-11-6-10(12-7-14(16)19-17-12)4-5-13(11)18-8-9-2-1-3-9/h4-7,9H,1-3,8,16H2. The fourth-order valence-corrected chi connectivity index (χ4v) is 2.07. The summed E-state index contributed by atoms with van der Waals surface area (Å²) in [5.41, 5.74) is 6.57. The van der Waals surface area contributed by atoms with E-state index in [1.165, 1.54) is 25.3 Å². The Morgan fingerprint density at radius 3 is 2.79 bits per heavy atom. The van der Waals surface area contributed by atoms with Gasteiger partial charge < -0.3 is 15.0 Å². The van der Waals surface area contributed by atoms with Gasteiger partial charge in [0.25, 0.3) is 0 Å². The van der Waals surface area contributed by atoms with Crippen molar-refractivity contribution in [2.24, 2.45) is 5.92 Å². The van der Waals surface area contributed by atoms with Gasteiger partial charge in [-0.15, -0.1) is 0 Å². The Labute approximate surface area is 110 Å². The summed E-state index contributed by atoms with van der Waals surface area (Å²) in [6.07, 6.45) is 3.61. The van der Waals surface area contributed by atoms with Crippen molar-refractivity contribution >= 4 is 5.88 Å². The first-order valence-electron chi connectivity index (χ1n) is 6.37. The average Bonchev–Trinajstić information content (AvgIpc) is 2.76. The van der Waals surface area contributed by atoms with Crippen LogP contribution in [0.15, 0.2) is 28.8 Å². The van der Waals surface area contributed by atoms with E-state index in [1.54, 1.807) is 18.2 Å². The summed E-state index contributed by atoms with van der Waals surface area (Å²) < 4.78 is 24.2. The van der Waals surface area contributed by atoms with Crippen molar-refractivity contribution < 1.29 is 13.7 Å². The molecule has 0 bridgehead atoms. The Morgan fingerprint density at radius 2 is 2.21 bits per heavy atom. The molecule has 0 aliphatic heterocycles. The first-order chi connectivity index (χ1) is 9.22. The van der Waals surface area contributed by atoms with Crippen molar-refractivity contribution in [3.8, 4) is 17.0 Å². The summed E-state index contributed by atoms with van der Waals surface area (Å²) in [5.74, 6) is 0.681. The van der Waals surface area contributed by atoms with E-state index < -0.39 is 5.82 Å². The molecule has 19 heavy (non-hydrogen) atoms. The molecule has 1 aliphatic rings. The molecule has 1 heterocycles. The fourth-order valence-electron chi connectivity index (χ4n) is 2.07. The summed E-state index contributed by atoms with van der Waals surface area (Å²) in [6.45, 7) is 0.590. The predicted molar refractivity (Wildman–Crippen MR) is 69.1 cm³/mol. The van der Waals surface area contributed by atoms with Crippen LogP contribution in [0.1, 0.15) is 19.3 Å². The summed E-state index contributed by atoms with van der Waals surface area (Å²) in [7, 11) is 0. The Morgan fingerprint density at radius 1 is 1.37 bits per heavy atom. The highest BCUT2D eigenvalue weighted by molar-refractivity contribution is 5.62. The highest BCUT2D eigenvalue weighted by atomic mass is 19.1. The van der Waals surface area contributed by atoms with Crippen LogP contribution in [0.2, 0.25) is 0 Å². The molecule has 0 atom stereocenters. The number of nitrogens with two attached hydrogens (primary N) is 1. The van der Waals surface area contributed by atoms with E-state index in [0.29, 0.717) is 23.8 Å². The number of ether oxygens (including phenoxy) is 1. The van der Waals surface area contributed by atoms with E-state index in [1.807, 2.05) is 0 Å². The first kappa shape index (κ1) is 12.0. The maximum Gasteiger partial charge on any atom is 0.222 e. The van der Waals surface area contributed by atoms with Crippen molar-refractivity contribution in [2.75, 3.05) is 12.3 Å². The van der Waals surface area contributed by atoms with Crippen LogP contribution in [0.3, 0.4) is 0 Å². The van der Waals surface area contributed by atoms with Gasteiger partial charge in [0, 0.05) is 11.6 Å². The molecule has 2 aromatic rings. The maximum absolute atomic E-state index is 13.9. The van der Waals surface area contributed by atoms with Gasteiger partial charge in [-0.3, -0.25) is 0 Å². The normalized spacial score (nSPS) is 15.2. The van der Waals surface area contributed by atoms with Gasteiger partial charge in [-0.05, 0) is 37.0 Å². The third kappa shape index (κ3) is 2.54. The minimum atomic E-state index is -0.390. The predicted octanol–water partition coefficient (Wildman–Crippen LogP) is 3.24. The molecule has 1 aromatic heterocycles. The topological polar surface area (TPSA) is 61.3 Å². The van der Waals surface area contributed by atoms with Crippen molar-refractivity contribution in [1.82, 2.24) is 5.16 Å². The highest BCUT2D eigenvalue weighted by Gasteiger charge is 2.18. The number of halogens is 1. The van der Waals surface area contributed by atoms with Crippen molar-refractivity contribution in [1.29, 1.82) is 0 Å². The van der Waals surface area contributed by atoms with Crippen LogP contribution >= 0.6 is 0 Å². The number of hydrogen-bond acceptors (Lipinski definition) is 4. The minimum Gasteiger partial charge on any atom is -0.490 e. The van der Waals surface area contributed by atoms with Gasteiger partial charge in [0.1, 0.15) is 5.69 Å². The van der Waals surface area contributed by atoms with Gasteiger partial charge in [-0.2, -0.15) is 0 Å². The number of anilines is 1. The van der Waals surface area contributed by atoms with Crippen molar-refractivity contribution in [3.63, 3.8) is 0 Å². The lowest BCUT2D eigenvalue weighted by molar-refractivity contribution is 0.175. The number of aromatic nitrogens is 1. The van der Waals surface area contributed by atoms with Crippen molar-refractivity contribution in [3.05, 3.63) is 30.1 Å². The Bertz CT molecular complexity index is 579. The molecule has 100 valence electrons. The SMILES string of the molecule is Nc1cc(-c2ccc(OCC3CCC3)c(F)c2)no1. The van der Waals surface area contributed by atoms with E-state index in [2.05, 4.69) is 5.16 Å². The lowest BCUT2D eigenvalue weighted by Gasteiger charge is -2.25. The molecule has 1 aromatic carbocycles. The average molecular weight is 262 g/mol. The largest absolute Gasteiger partial charge is 0.490 e. The molecule has 5 heteroatoms. The Kier molecular flexibility index (Phi) is 3.11. The van der Waals surface area contributed by atoms with Gasteiger partial charge >= 0.3 is 0 Å². The lowest BCUT2D eigenvalue weighted by Crippen LogP contribution is -2.19. The minimum absolute atomic E-state index is 0.209. The second kappa shape index (κ2) is 4.91. The van der Waals surface area contributed by atoms with Gasteiger partial charge in [0.2, 0.25) is 5.88 Å². The number of nitrogen functional groups attached to an aromatic ring is 1. The smallest absolute Gasteiger partial charge is 0.222 e. The molecule has 0 radical (unpaired) electrons. The maximum atomic E-state index is 13.9. The molecule has 0 saturated heterocycles. The fraction of sp³-hybridized carbons (Fsp3) is 0.357. The molecular formula is C14H15FN2O2. The quantitative estimate of drug-likeness (QED) is 0.918. The number of nitrogens with zero attached hydrogens (tertiary/aromatic N) is 1. The van der Waals surface area contributed by atoms with Crippen LogP contribution in [0, 0.1) is 11.7 Å². The monoisotopic (exact) mass is 262 g/mol. The number of rotatable bonds is 4. The van der Waals surface area contributed by atoms with E-state index in [4.69, 9.17) is 15.0 Å². The molecule has 0 unspecified atom stereocenters. The molecule has 1 aliphatic carbocycles. The van der Waals surface area contributed by atoms with Crippen molar-refractivity contribution in [2.45, 2.75) is 19.3 Å². The van der Waals surface area contributed by atoms with E-state index in [9.17, 15) is 4.39 Å². The lowest BCUT2D eigenvalue weighted by atomic mass is 9.86. The highest BCUT2D eigenvalue weighted by Crippen LogP contribution is 2.29. The van der Waals surface area contributed by atoms with E-state index >= 15 is 0 Å². The summed E-state index contributed by atoms with van der Waals surface area (Å²) in [5, 5.41) is 3.75. The Balaban J connectivity index is 1.73. The zero-order valence-corrected chi connectivity index (χ0v) is 10.4. The molecule has 2 N–H and O–H groups in total. The van der Waals surface area contributed by atoms with Crippen LogP contribution in [-0.4, -0.2) is 11.8 Å². The molecular weight excluding hydrogens is 247 g/mol. The number of hydrogen-bond donors (Lipinski definition) is 1. The Hall–Kier alpha value is -2.04. The van der Waals surface area contributed by atoms with E-state index in [0.717, 1.165) is 0 Å². The molecule has 4 nitrogen and oxygen atoms in total. The summed E-state index contributed by atoms with van der Waals surface area (Å²) >= 11 is 0. The van der Waals surface area contributed by atoms with Crippen LogP contribution < -0.4 is 10.5 Å². The van der Waals surface area contributed by atoms with Gasteiger partial charge in [-0.25, -0.2) is 4.39 Å². The van der Waals surface area contributed by atoms with E-state index in [-0.39, 0.29) is 11.6 Å². The second-order valence-corrected chi connectivity index (χ2v) is 4.87. The zero-order valence-electron chi connectivity index (χ0n) is 10.4. The van der Waals surface area contributed by atoms with Gasteiger partial charge in [-0.1, -0.05) is 11.6 Å². The molecule has 3 rings (SSSR count). The summed E-state index contributed by atoms with van der Waals surface area (Å²) in [4.78, 5) is 0. The van der Waals surface area contributed by atoms with Crippen LogP contribution in [0.5, 0.6) is 5.75 Å². The molecule has 0 spiro atoms. The zero-order chi connectivity index (χ0) is 13.2. The van der Waals surface area contributed by atoms with Crippen LogP contribution in [-0.2, 0) is 0 Å². The van der Waals surface area contributed by atoms with Crippen LogP contribution in [0.4, 0.5) is 10.3 Å².